The third-order valence-electron chi connectivity index (χ3n) is 8.35. The summed E-state index contributed by atoms with van der Waals surface area (Å²) in [6.07, 6.45) is 3.97. The molecule has 0 aliphatic carbocycles. The van der Waals surface area contributed by atoms with E-state index in [9.17, 15) is 0 Å². The number of benzene rings is 4. The maximum Gasteiger partial charge on any atom is 0 e. The topological polar surface area (TPSA) is 56.7 Å². The van der Waals surface area contributed by atoms with Crippen LogP contribution < -0.4 is 4.40 Å². The standard InChI is InChI=1S/C25H16N3O.C19H26GeN.Ir/c1-16-11-12-19(24-23(16)18-9-5-6-10-22(18)29-24)25-27-20-13-14-26-15-21(20)28(25)17-7-3-2-4-8-17;1-19(2,3)13-16-12-18(15-10-8-7-9-11-15)21-14-17(16)20(4,5)6;/h2-11,13-15H,1H3;7-10,12,14H,13H2,1-6H3;/q2*-1;/i1D3;13D2;. The number of hydrogen-bond acceptors (Lipinski definition) is 4. The Morgan fingerprint density at radius 1 is 0.922 bits per heavy atom. The average molecular weight is 913 g/mol. The van der Waals surface area contributed by atoms with Gasteiger partial charge in [0.2, 0.25) is 0 Å². The first-order valence-electron chi connectivity index (χ1n) is 19.2. The van der Waals surface area contributed by atoms with E-state index in [1.54, 1.807) is 18.5 Å². The zero-order valence-electron chi connectivity index (χ0n) is 34.5. The van der Waals surface area contributed by atoms with Crippen molar-refractivity contribution < 1.29 is 31.4 Å². The van der Waals surface area contributed by atoms with Crippen LogP contribution in [0.2, 0.25) is 17.3 Å². The summed E-state index contributed by atoms with van der Waals surface area (Å²) >= 11 is -2.24. The van der Waals surface area contributed by atoms with Gasteiger partial charge in [-0.3, -0.25) is 9.97 Å². The first-order valence-corrected chi connectivity index (χ1v) is 24.0. The Balaban J connectivity index is 0.000000198. The summed E-state index contributed by atoms with van der Waals surface area (Å²) in [5.41, 5.74) is 6.45. The molecule has 5 nitrogen and oxygen atoms in total. The minimum atomic E-state index is -2.30. The van der Waals surface area contributed by atoms with E-state index in [1.165, 1.54) is 0 Å². The number of aromatic nitrogens is 4. The van der Waals surface area contributed by atoms with Crippen molar-refractivity contribution in [1.29, 1.82) is 0 Å². The van der Waals surface area contributed by atoms with Gasteiger partial charge in [-0.2, -0.15) is 0 Å². The molecule has 0 amide bonds. The summed E-state index contributed by atoms with van der Waals surface area (Å²) in [5, 5.41) is 1.33. The number of aryl methyl sites for hydroxylation is 1. The van der Waals surface area contributed by atoms with Crippen LogP contribution in [-0.4, -0.2) is 32.8 Å². The molecule has 4 aromatic carbocycles. The molecule has 7 heteroatoms. The van der Waals surface area contributed by atoms with Gasteiger partial charge < -0.3 is 8.98 Å². The molecule has 0 spiro atoms. The van der Waals surface area contributed by atoms with E-state index in [1.807, 2.05) is 123 Å². The molecular weight excluding hydrogens is 865 g/mol. The van der Waals surface area contributed by atoms with Crippen LogP contribution in [0, 0.1) is 24.4 Å². The molecule has 0 atom stereocenters. The molecule has 4 heterocycles. The van der Waals surface area contributed by atoms with E-state index in [4.69, 9.17) is 16.3 Å². The van der Waals surface area contributed by atoms with Crippen LogP contribution >= 0.6 is 0 Å². The molecule has 0 saturated carbocycles. The molecule has 0 aliphatic rings. The summed E-state index contributed by atoms with van der Waals surface area (Å²) in [6, 6.07) is 36.7. The van der Waals surface area contributed by atoms with Crippen LogP contribution in [0.25, 0.3) is 61.3 Å². The Hall–Kier alpha value is -4.36. The quantitative estimate of drug-likeness (QED) is 0.128. The van der Waals surface area contributed by atoms with E-state index < -0.39 is 31.9 Å². The van der Waals surface area contributed by atoms with Crippen molar-refractivity contribution in [3.05, 3.63) is 139 Å². The molecule has 4 aromatic heterocycles. The fourth-order valence-electron chi connectivity index (χ4n) is 6.13. The molecule has 0 aliphatic heterocycles. The van der Waals surface area contributed by atoms with Gasteiger partial charge >= 0.3 is 135 Å². The molecule has 0 fully saturated rings. The maximum absolute atomic E-state index is 8.76. The molecule has 0 unspecified atom stereocenters. The van der Waals surface area contributed by atoms with Gasteiger partial charge in [-0.25, -0.2) is 0 Å². The predicted octanol–water partition coefficient (Wildman–Crippen LogP) is 10.8. The number of hydrogen-bond donors (Lipinski definition) is 0. The third kappa shape index (κ3) is 7.64. The summed E-state index contributed by atoms with van der Waals surface area (Å²) in [7, 11) is 0. The fraction of sp³-hybridized carbons (Fsp3) is 0.205. The van der Waals surface area contributed by atoms with Crippen molar-refractivity contribution in [3.63, 3.8) is 0 Å². The Morgan fingerprint density at radius 3 is 2.41 bits per heavy atom. The number of rotatable bonds is 5. The summed E-state index contributed by atoms with van der Waals surface area (Å²) in [4.78, 5) is 13.8. The summed E-state index contributed by atoms with van der Waals surface area (Å²) in [6.45, 7) is 3.58. The number of fused-ring (bicyclic) bond motifs is 4. The predicted molar refractivity (Wildman–Crippen MR) is 210 cm³/mol. The number of nitrogens with zero attached hydrogens (tertiary/aromatic N) is 4. The normalized spacial score (nSPS) is 13.7. The minimum absolute atomic E-state index is 0. The van der Waals surface area contributed by atoms with E-state index in [2.05, 4.69) is 39.4 Å². The Morgan fingerprint density at radius 2 is 1.69 bits per heavy atom. The largest absolute Gasteiger partial charge is 0 e. The Kier molecular flexibility index (Phi) is 8.73. The number of imidazole rings is 1. The van der Waals surface area contributed by atoms with Crippen LogP contribution in [0.15, 0.2) is 120 Å². The van der Waals surface area contributed by atoms with Gasteiger partial charge in [0.15, 0.2) is 0 Å². The van der Waals surface area contributed by atoms with Crippen molar-refractivity contribution in [2.75, 3.05) is 0 Å². The van der Waals surface area contributed by atoms with Crippen LogP contribution in [0.4, 0.5) is 0 Å². The molecule has 0 bridgehead atoms. The van der Waals surface area contributed by atoms with Crippen molar-refractivity contribution in [2.45, 2.75) is 51.3 Å². The van der Waals surface area contributed by atoms with Crippen molar-refractivity contribution in [1.82, 2.24) is 19.5 Å². The van der Waals surface area contributed by atoms with Crippen molar-refractivity contribution in [3.8, 4) is 28.3 Å². The number of furan rings is 1. The van der Waals surface area contributed by atoms with Crippen LogP contribution in [0.5, 0.6) is 0 Å². The van der Waals surface area contributed by atoms with Crippen LogP contribution in [0.3, 0.4) is 0 Å². The van der Waals surface area contributed by atoms with Gasteiger partial charge in [-0.15, -0.1) is 17.7 Å². The van der Waals surface area contributed by atoms with Crippen molar-refractivity contribution in [2.24, 2.45) is 5.41 Å². The smallest absolute Gasteiger partial charge is 0 e. The molecule has 51 heavy (non-hydrogen) atoms. The molecule has 0 N–H and O–H groups in total. The van der Waals surface area contributed by atoms with Crippen LogP contribution in [-0.2, 0) is 26.5 Å². The Bertz CT molecular complexity index is 2650. The van der Waals surface area contributed by atoms with E-state index in [0.29, 0.717) is 27.9 Å². The second kappa shape index (κ2) is 14.7. The van der Waals surface area contributed by atoms with Crippen LogP contribution in [0.1, 0.15) is 38.8 Å². The van der Waals surface area contributed by atoms with Gasteiger partial charge in [-0.1, -0.05) is 54.2 Å². The van der Waals surface area contributed by atoms with Gasteiger partial charge in [-0.05, 0) is 24.3 Å². The molecule has 1 radical (unpaired) electrons. The van der Waals surface area contributed by atoms with E-state index in [0.717, 1.165) is 43.3 Å². The van der Waals surface area contributed by atoms with Gasteiger partial charge in [0, 0.05) is 41.5 Å². The molecule has 259 valence electrons. The molecule has 8 aromatic rings. The zero-order valence-corrected chi connectivity index (χ0v) is 34.0. The molecular formula is C44H42GeIrN4O-2. The number of para-hydroxylation sites is 2. The van der Waals surface area contributed by atoms with Gasteiger partial charge in [0.1, 0.15) is 5.58 Å². The Labute approximate surface area is 323 Å². The summed E-state index contributed by atoms with van der Waals surface area (Å²) < 4.78 is 51.0. The molecule has 0 saturated heterocycles. The maximum atomic E-state index is 8.76. The summed E-state index contributed by atoms with van der Waals surface area (Å²) in [5.74, 6) is 7.47. The first kappa shape index (κ1) is 30.3. The molecule has 8 rings (SSSR count). The average Bonchev–Trinajstić information content (AvgIpc) is 3.73. The monoisotopic (exact) mass is 914 g/mol. The zero-order chi connectivity index (χ0) is 39.3. The fourth-order valence-corrected chi connectivity index (χ4v) is 9.05. The third-order valence-corrected chi connectivity index (χ3v) is 12.6. The minimum Gasteiger partial charge on any atom is 0 e. The number of pyridine rings is 2. The second-order valence-electron chi connectivity index (χ2n) is 14.4. The van der Waals surface area contributed by atoms with E-state index >= 15 is 0 Å². The van der Waals surface area contributed by atoms with Gasteiger partial charge in [0.25, 0.3) is 0 Å². The van der Waals surface area contributed by atoms with Crippen molar-refractivity contribution >= 4 is 50.6 Å². The van der Waals surface area contributed by atoms with E-state index in [-0.39, 0.29) is 25.7 Å². The second-order valence-corrected chi connectivity index (χ2v) is 24.9. The van der Waals surface area contributed by atoms with Gasteiger partial charge in [0.05, 0.1) is 28.6 Å². The SMILES string of the molecule is [2H]C([2H])([2H])c1c[c-]c(-c2nc3ccncc3n2-c2ccccc2)c2oc3ccccc3c12.[2H]C([2H])(c1cc(-c2[c-]cccc2)nc[c]1[Ge]([CH3])([CH3])[CH3])C(C)(C)C.[Ir]. The first-order chi connectivity index (χ1) is 26.0.